The summed E-state index contributed by atoms with van der Waals surface area (Å²) in [4.78, 5) is 22.1. The van der Waals surface area contributed by atoms with Gasteiger partial charge in [0.1, 0.15) is 17.5 Å². The van der Waals surface area contributed by atoms with E-state index >= 15 is 0 Å². The molecule has 0 spiro atoms. The zero-order valence-corrected chi connectivity index (χ0v) is 24.3. The fourth-order valence-corrected chi connectivity index (χ4v) is 4.89. The zero-order valence-electron chi connectivity index (χ0n) is 24.3. The number of halogens is 2. The van der Waals surface area contributed by atoms with Crippen molar-refractivity contribution in [2.24, 2.45) is 5.73 Å². The Morgan fingerprint density at radius 2 is 1.43 bits per heavy atom. The summed E-state index contributed by atoms with van der Waals surface area (Å²) in [6, 6.07) is 23.7. The van der Waals surface area contributed by atoms with Crippen molar-refractivity contribution in [1.82, 2.24) is 14.5 Å². The van der Waals surface area contributed by atoms with E-state index < -0.39 is 0 Å². The predicted molar refractivity (Wildman–Crippen MR) is 166 cm³/mol. The molecule has 9 heteroatoms. The molecule has 0 bridgehead atoms. The van der Waals surface area contributed by atoms with E-state index in [0.29, 0.717) is 69.4 Å². The Balaban J connectivity index is 1.41. The third kappa shape index (κ3) is 7.87. The minimum atomic E-state index is -0.348. The molecule has 7 nitrogen and oxygen atoms in total. The maximum Gasteiger partial charge on any atom is 0.162 e. The highest BCUT2D eigenvalue weighted by atomic mass is 19.1. The van der Waals surface area contributed by atoms with Gasteiger partial charge in [-0.05, 0) is 72.6 Å². The van der Waals surface area contributed by atoms with Gasteiger partial charge in [0, 0.05) is 60.8 Å². The van der Waals surface area contributed by atoms with Crippen molar-refractivity contribution in [2.45, 2.75) is 19.4 Å². The van der Waals surface area contributed by atoms with Crippen LogP contribution in [-0.2, 0) is 16.0 Å². The first-order chi connectivity index (χ1) is 21.5. The lowest BCUT2D eigenvalue weighted by molar-refractivity contribution is 0.0489. The summed E-state index contributed by atoms with van der Waals surface area (Å²) in [5.74, 6) is 0.00667. The molecule has 0 fully saturated rings. The van der Waals surface area contributed by atoms with Crippen LogP contribution in [0.1, 0.15) is 28.8 Å². The van der Waals surface area contributed by atoms with Crippen molar-refractivity contribution in [3.63, 3.8) is 0 Å². The Kier molecular flexibility index (Phi) is 10.7. The number of benzene rings is 3. The molecule has 0 radical (unpaired) electrons. The third-order valence-corrected chi connectivity index (χ3v) is 7.07. The molecule has 0 amide bonds. The summed E-state index contributed by atoms with van der Waals surface area (Å²) in [5, 5.41) is 0. The predicted octanol–water partition coefficient (Wildman–Crippen LogP) is 6.56. The van der Waals surface area contributed by atoms with Crippen molar-refractivity contribution in [3.8, 4) is 33.9 Å². The molecular formula is C35H34F2N4O3. The van der Waals surface area contributed by atoms with Crippen LogP contribution in [0, 0.1) is 11.6 Å². The van der Waals surface area contributed by atoms with Crippen LogP contribution in [-0.4, -0.2) is 53.3 Å². The molecule has 0 saturated carbocycles. The van der Waals surface area contributed by atoms with Gasteiger partial charge in [-0.1, -0.05) is 24.3 Å². The fraction of sp³-hybridized carbons (Fsp3) is 0.229. The number of imidazole rings is 1. The normalized spacial score (nSPS) is 11.2. The average Bonchev–Trinajstić information content (AvgIpc) is 3.42. The summed E-state index contributed by atoms with van der Waals surface area (Å²) in [5.41, 5.74) is 10.6. The summed E-state index contributed by atoms with van der Waals surface area (Å²) in [7, 11) is 0. The number of ether oxygens (including phenoxy) is 2. The molecule has 5 aromatic rings. The van der Waals surface area contributed by atoms with Crippen LogP contribution in [0.25, 0.3) is 33.9 Å². The molecule has 0 aliphatic heterocycles. The molecule has 2 heterocycles. The van der Waals surface area contributed by atoms with Crippen LogP contribution in [0.3, 0.4) is 0 Å². The molecule has 226 valence electrons. The van der Waals surface area contributed by atoms with E-state index in [-0.39, 0.29) is 17.4 Å². The number of Topliss-reactive ketones (excluding diaryl/α,β-unsaturated/α-hetero) is 1. The second kappa shape index (κ2) is 15.2. The lowest BCUT2D eigenvalue weighted by Crippen LogP contribution is -2.12. The molecule has 3 aromatic carbocycles. The van der Waals surface area contributed by atoms with Crippen molar-refractivity contribution in [2.75, 3.05) is 33.0 Å². The van der Waals surface area contributed by atoms with Gasteiger partial charge in [0.25, 0.3) is 0 Å². The van der Waals surface area contributed by atoms with Crippen molar-refractivity contribution in [3.05, 3.63) is 120 Å². The van der Waals surface area contributed by atoms with Crippen LogP contribution in [0.4, 0.5) is 8.78 Å². The van der Waals surface area contributed by atoms with Gasteiger partial charge in [0.2, 0.25) is 0 Å². The third-order valence-electron chi connectivity index (χ3n) is 7.07. The number of pyridine rings is 1. The van der Waals surface area contributed by atoms with Gasteiger partial charge in [0.15, 0.2) is 5.78 Å². The first-order valence-electron chi connectivity index (χ1n) is 14.5. The van der Waals surface area contributed by atoms with Gasteiger partial charge in [-0.25, -0.2) is 13.8 Å². The molecule has 0 aliphatic carbocycles. The SMILES string of the molecule is NCCOCCOCCCC(=O)c1ccc(Cn2c(-c3cccnc3)nc(-c3ccc(F)cc3)c2-c2ccc(F)cc2)cc1. The molecule has 0 atom stereocenters. The molecule has 0 saturated heterocycles. The van der Waals surface area contributed by atoms with E-state index in [2.05, 4.69) is 4.98 Å². The van der Waals surface area contributed by atoms with Crippen LogP contribution in [0.15, 0.2) is 97.3 Å². The Labute approximate surface area is 255 Å². The summed E-state index contributed by atoms with van der Waals surface area (Å²) in [6.45, 7) is 2.84. The molecule has 0 aliphatic rings. The number of hydrogen-bond donors (Lipinski definition) is 1. The van der Waals surface area contributed by atoms with Crippen LogP contribution < -0.4 is 5.73 Å². The van der Waals surface area contributed by atoms with Crippen molar-refractivity contribution in [1.29, 1.82) is 0 Å². The van der Waals surface area contributed by atoms with Gasteiger partial charge < -0.3 is 19.8 Å². The highest BCUT2D eigenvalue weighted by Gasteiger charge is 2.22. The molecule has 5 rings (SSSR count). The van der Waals surface area contributed by atoms with Crippen molar-refractivity contribution >= 4 is 5.78 Å². The topological polar surface area (TPSA) is 92.3 Å². The van der Waals surface area contributed by atoms with Gasteiger partial charge >= 0.3 is 0 Å². The first kappa shape index (κ1) is 30.9. The average molecular weight is 597 g/mol. The number of nitrogens with zero attached hydrogens (tertiary/aromatic N) is 3. The Hall–Kier alpha value is -4.57. The number of rotatable bonds is 15. The first-order valence-corrected chi connectivity index (χ1v) is 14.5. The molecule has 2 N–H and O–H groups in total. The molecule has 0 unspecified atom stereocenters. The fourth-order valence-electron chi connectivity index (χ4n) is 4.89. The van der Waals surface area contributed by atoms with Gasteiger partial charge in [0.05, 0.1) is 31.2 Å². The van der Waals surface area contributed by atoms with Crippen LogP contribution >= 0.6 is 0 Å². The van der Waals surface area contributed by atoms with Gasteiger partial charge in [-0.3, -0.25) is 9.78 Å². The summed E-state index contributed by atoms with van der Waals surface area (Å²) >= 11 is 0. The zero-order chi connectivity index (χ0) is 30.7. The van der Waals surface area contributed by atoms with E-state index in [1.807, 2.05) is 41.0 Å². The molecule has 2 aromatic heterocycles. The highest BCUT2D eigenvalue weighted by molar-refractivity contribution is 5.96. The number of aromatic nitrogens is 3. The quantitative estimate of drug-likeness (QED) is 0.109. The smallest absolute Gasteiger partial charge is 0.162 e. The number of nitrogens with two attached hydrogens (primary N) is 1. The maximum atomic E-state index is 13.9. The number of ketones is 1. The molecular weight excluding hydrogens is 562 g/mol. The van der Waals surface area contributed by atoms with Gasteiger partial charge in [-0.2, -0.15) is 0 Å². The van der Waals surface area contributed by atoms with E-state index in [1.165, 1.54) is 24.3 Å². The monoisotopic (exact) mass is 596 g/mol. The van der Waals surface area contributed by atoms with E-state index in [9.17, 15) is 13.6 Å². The summed E-state index contributed by atoms with van der Waals surface area (Å²) in [6.07, 6.45) is 4.43. The number of carbonyl (C=O) groups is 1. The maximum absolute atomic E-state index is 13.9. The van der Waals surface area contributed by atoms with E-state index in [0.717, 1.165) is 27.9 Å². The lowest BCUT2D eigenvalue weighted by Gasteiger charge is -2.14. The van der Waals surface area contributed by atoms with Gasteiger partial charge in [-0.15, -0.1) is 0 Å². The number of hydrogen-bond acceptors (Lipinski definition) is 6. The van der Waals surface area contributed by atoms with E-state index in [1.54, 1.807) is 36.7 Å². The summed E-state index contributed by atoms with van der Waals surface area (Å²) < 4.78 is 40.6. The minimum absolute atomic E-state index is 0.0452. The minimum Gasteiger partial charge on any atom is -0.379 e. The van der Waals surface area contributed by atoms with Crippen LogP contribution in [0.2, 0.25) is 0 Å². The standard InChI is InChI=1S/C35H34F2N4O3/c36-30-13-9-27(10-14-30)33-34(28-11-15-31(37)16-12-28)41(35(40-33)29-3-1-18-39-23-29)24-25-5-7-26(8-6-25)32(42)4-2-19-43-21-22-44-20-17-38/h1,3,5-16,18,23H,2,4,17,19-22,24,38H2. The Bertz CT molecular complexity index is 1640. The largest absolute Gasteiger partial charge is 0.379 e. The van der Waals surface area contributed by atoms with Crippen LogP contribution in [0.5, 0.6) is 0 Å². The Morgan fingerprint density at radius 3 is 2.07 bits per heavy atom. The molecule has 44 heavy (non-hydrogen) atoms. The highest BCUT2D eigenvalue weighted by Crippen LogP contribution is 2.37. The van der Waals surface area contributed by atoms with Crippen molar-refractivity contribution < 1.29 is 23.0 Å². The second-order valence-electron chi connectivity index (χ2n) is 10.2. The lowest BCUT2D eigenvalue weighted by atomic mass is 10.0. The second-order valence-corrected chi connectivity index (χ2v) is 10.2. The number of carbonyl (C=O) groups excluding carboxylic acids is 1. The van der Waals surface area contributed by atoms with E-state index in [4.69, 9.17) is 20.2 Å². The Morgan fingerprint density at radius 1 is 0.773 bits per heavy atom.